The van der Waals surface area contributed by atoms with Crippen LogP contribution < -0.4 is 5.73 Å². The lowest BCUT2D eigenvalue weighted by Gasteiger charge is -2.07. The first-order chi connectivity index (χ1) is 7.98. The maximum atomic E-state index is 11.4. The van der Waals surface area contributed by atoms with Crippen LogP contribution in [0.25, 0.3) is 11.1 Å². The number of anilines is 1. The first-order valence-corrected chi connectivity index (χ1v) is 7.02. The summed E-state index contributed by atoms with van der Waals surface area (Å²) in [4.78, 5) is 0.245. The fourth-order valence-corrected chi connectivity index (χ4v) is 2.31. The van der Waals surface area contributed by atoms with Gasteiger partial charge in [-0.15, -0.1) is 0 Å². The van der Waals surface area contributed by atoms with Gasteiger partial charge in [-0.05, 0) is 17.7 Å². The molecule has 0 saturated heterocycles. The lowest BCUT2D eigenvalue weighted by molar-refractivity contribution is 0.602. The number of benzene rings is 2. The van der Waals surface area contributed by atoms with Crippen LogP contribution >= 0.6 is 0 Å². The van der Waals surface area contributed by atoms with Crippen molar-refractivity contribution >= 4 is 15.5 Å². The molecule has 0 fully saturated rings. The topological polar surface area (TPSA) is 60.2 Å². The Labute approximate surface area is 101 Å². The van der Waals surface area contributed by atoms with Crippen molar-refractivity contribution in [3.05, 3.63) is 48.5 Å². The molecule has 17 heavy (non-hydrogen) atoms. The quantitative estimate of drug-likeness (QED) is 0.829. The number of nitrogen functional groups attached to an aromatic ring is 1. The molecule has 2 aromatic carbocycles. The van der Waals surface area contributed by atoms with E-state index in [1.54, 1.807) is 12.1 Å². The summed E-state index contributed by atoms with van der Waals surface area (Å²) in [6.45, 7) is 0. The van der Waals surface area contributed by atoms with Crippen LogP contribution in [0.4, 0.5) is 5.69 Å². The second-order valence-corrected chi connectivity index (χ2v) is 5.90. The minimum absolute atomic E-state index is 0.245. The Bertz CT molecular complexity index is 634. The molecular weight excluding hydrogens is 234 g/mol. The first kappa shape index (κ1) is 11.7. The van der Waals surface area contributed by atoms with Gasteiger partial charge in [0, 0.05) is 17.5 Å². The average molecular weight is 247 g/mol. The Morgan fingerprint density at radius 1 is 1.00 bits per heavy atom. The molecule has 2 rings (SSSR count). The van der Waals surface area contributed by atoms with E-state index in [4.69, 9.17) is 5.73 Å². The summed E-state index contributed by atoms with van der Waals surface area (Å²) in [5.74, 6) is 0. The predicted molar refractivity (Wildman–Crippen MR) is 69.4 cm³/mol. The number of hydrogen-bond donors (Lipinski definition) is 1. The molecule has 3 nitrogen and oxygen atoms in total. The monoisotopic (exact) mass is 247 g/mol. The fraction of sp³-hybridized carbons (Fsp3) is 0.0769. The van der Waals surface area contributed by atoms with Crippen molar-refractivity contribution in [1.82, 2.24) is 0 Å². The maximum Gasteiger partial charge on any atom is 0.175 e. The standard InChI is InChI=1S/C13H13NO2S/c1-17(15,16)11-7-8-12(13(14)9-11)10-5-3-2-4-6-10/h2-9H,14H2,1H3. The van der Waals surface area contributed by atoms with Crippen LogP contribution in [-0.2, 0) is 9.84 Å². The van der Waals surface area contributed by atoms with Crippen molar-refractivity contribution in [2.24, 2.45) is 0 Å². The van der Waals surface area contributed by atoms with Crippen LogP contribution in [0.1, 0.15) is 0 Å². The number of rotatable bonds is 2. The van der Waals surface area contributed by atoms with Gasteiger partial charge in [0.05, 0.1) is 4.90 Å². The maximum absolute atomic E-state index is 11.4. The Morgan fingerprint density at radius 3 is 2.18 bits per heavy atom. The minimum atomic E-state index is -3.20. The van der Waals surface area contributed by atoms with E-state index in [2.05, 4.69) is 0 Å². The summed E-state index contributed by atoms with van der Waals surface area (Å²) in [7, 11) is -3.20. The largest absolute Gasteiger partial charge is 0.398 e. The number of sulfone groups is 1. The second kappa shape index (κ2) is 4.22. The molecule has 0 aliphatic heterocycles. The molecule has 0 radical (unpaired) electrons. The Balaban J connectivity index is 2.54. The molecule has 88 valence electrons. The van der Waals surface area contributed by atoms with Gasteiger partial charge in [0.1, 0.15) is 0 Å². The van der Waals surface area contributed by atoms with E-state index in [-0.39, 0.29) is 4.90 Å². The van der Waals surface area contributed by atoms with Gasteiger partial charge in [-0.2, -0.15) is 0 Å². The van der Waals surface area contributed by atoms with Crippen LogP contribution in [0.3, 0.4) is 0 Å². The van der Waals surface area contributed by atoms with Gasteiger partial charge in [-0.3, -0.25) is 0 Å². The third kappa shape index (κ3) is 2.47. The summed E-state index contributed by atoms with van der Waals surface area (Å²) in [5.41, 5.74) is 8.18. The van der Waals surface area contributed by atoms with E-state index in [9.17, 15) is 8.42 Å². The van der Waals surface area contributed by atoms with Gasteiger partial charge >= 0.3 is 0 Å². The van der Waals surface area contributed by atoms with Gasteiger partial charge < -0.3 is 5.73 Å². The van der Waals surface area contributed by atoms with Crippen LogP contribution in [-0.4, -0.2) is 14.7 Å². The zero-order valence-electron chi connectivity index (χ0n) is 9.42. The smallest absolute Gasteiger partial charge is 0.175 e. The third-order valence-corrected chi connectivity index (χ3v) is 3.65. The second-order valence-electron chi connectivity index (χ2n) is 3.89. The van der Waals surface area contributed by atoms with E-state index in [0.717, 1.165) is 11.1 Å². The Morgan fingerprint density at radius 2 is 1.65 bits per heavy atom. The lowest BCUT2D eigenvalue weighted by Crippen LogP contribution is -1.99. The van der Waals surface area contributed by atoms with Crippen molar-refractivity contribution in [2.75, 3.05) is 12.0 Å². The minimum Gasteiger partial charge on any atom is -0.398 e. The SMILES string of the molecule is CS(=O)(=O)c1ccc(-c2ccccc2)c(N)c1. The van der Waals surface area contributed by atoms with Crippen molar-refractivity contribution in [1.29, 1.82) is 0 Å². The highest BCUT2D eigenvalue weighted by Gasteiger charge is 2.10. The van der Waals surface area contributed by atoms with Gasteiger partial charge in [0.15, 0.2) is 9.84 Å². The highest BCUT2D eigenvalue weighted by molar-refractivity contribution is 7.90. The summed E-state index contributed by atoms with van der Waals surface area (Å²) >= 11 is 0. The molecule has 0 atom stereocenters. The average Bonchev–Trinajstić information content (AvgIpc) is 2.29. The first-order valence-electron chi connectivity index (χ1n) is 5.13. The molecule has 2 aromatic rings. The van der Waals surface area contributed by atoms with Crippen LogP contribution in [0, 0.1) is 0 Å². The van der Waals surface area contributed by atoms with Gasteiger partial charge in [-0.1, -0.05) is 36.4 Å². The third-order valence-electron chi connectivity index (χ3n) is 2.54. The highest BCUT2D eigenvalue weighted by Crippen LogP contribution is 2.27. The summed E-state index contributed by atoms with van der Waals surface area (Å²) in [5, 5.41) is 0. The lowest BCUT2D eigenvalue weighted by atomic mass is 10.0. The van der Waals surface area contributed by atoms with Crippen molar-refractivity contribution in [2.45, 2.75) is 4.90 Å². The normalized spacial score (nSPS) is 11.4. The number of nitrogens with two attached hydrogens (primary N) is 1. The molecule has 2 N–H and O–H groups in total. The Hall–Kier alpha value is -1.81. The molecule has 0 unspecified atom stereocenters. The van der Waals surface area contributed by atoms with Gasteiger partial charge in [-0.25, -0.2) is 8.42 Å². The van der Waals surface area contributed by atoms with E-state index in [1.807, 2.05) is 30.3 Å². The molecule has 0 aliphatic rings. The number of hydrogen-bond acceptors (Lipinski definition) is 3. The van der Waals surface area contributed by atoms with Crippen molar-refractivity contribution < 1.29 is 8.42 Å². The Kier molecular flexibility index (Phi) is 2.90. The molecule has 0 saturated carbocycles. The van der Waals surface area contributed by atoms with Crippen molar-refractivity contribution in [3.8, 4) is 11.1 Å². The fourth-order valence-electron chi connectivity index (χ4n) is 1.65. The highest BCUT2D eigenvalue weighted by atomic mass is 32.2. The van der Waals surface area contributed by atoms with Crippen molar-refractivity contribution in [3.63, 3.8) is 0 Å². The van der Waals surface area contributed by atoms with E-state index in [0.29, 0.717) is 5.69 Å². The van der Waals surface area contributed by atoms with E-state index < -0.39 is 9.84 Å². The van der Waals surface area contributed by atoms with Crippen LogP contribution in [0.15, 0.2) is 53.4 Å². The van der Waals surface area contributed by atoms with Gasteiger partial charge in [0.25, 0.3) is 0 Å². The molecule has 0 bridgehead atoms. The summed E-state index contributed by atoms with van der Waals surface area (Å²) in [6, 6.07) is 14.4. The van der Waals surface area contributed by atoms with Gasteiger partial charge in [0.2, 0.25) is 0 Å². The molecule has 0 heterocycles. The van der Waals surface area contributed by atoms with E-state index >= 15 is 0 Å². The molecule has 0 aromatic heterocycles. The zero-order chi connectivity index (χ0) is 12.5. The van der Waals surface area contributed by atoms with Crippen LogP contribution in [0.2, 0.25) is 0 Å². The van der Waals surface area contributed by atoms with Crippen LogP contribution in [0.5, 0.6) is 0 Å². The molecule has 0 spiro atoms. The zero-order valence-corrected chi connectivity index (χ0v) is 10.2. The molecule has 0 aliphatic carbocycles. The summed E-state index contributed by atoms with van der Waals surface area (Å²) < 4.78 is 22.8. The summed E-state index contributed by atoms with van der Waals surface area (Å²) in [6.07, 6.45) is 1.17. The predicted octanol–water partition coefficient (Wildman–Crippen LogP) is 2.34. The van der Waals surface area contributed by atoms with E-state index in [1.165, 1.54) is 12.3 Å². The molecular formula is C13H13NO2S. The molecule has 0 amide bonds. The molecule has 4 heteroatoms.